The molecule has 7 nitrogen and oxygen atoms in total. The van der Waals surface area contributed by atoms with E-state index in [9.17, 15) is 9.59 Å². The first-order valence-corrected chi connectivity index (χ1v) is 9.67. The third-order valence-electron chi connectivity index (χ3n) is 5.53. The predicted molar refractivity (Wildman–Crippen MR) is 99.8 cm³/mol. The standard InChI is InChI=1S/C20H25N5O2/c1-15-21-22-19-18(20(27)23-11-5-6-12-23)25(14-13-24(15)19)17(26)10-9-16-7-3-2-4-8-16/h2-4,7-8,18H,5-6,9-14H2,1H3. The van der Waals surface area contributed by atoms with Crippen molar-refractivity contribution in [2.45, 2.75) is 45.2 Å². The predicted octanol–water partition coefficient (Wildman–Crippen LogP) is 1.73. The Morgan fingerprint density at radius 3 is 2.52 bits per heavy atom. The lowest BCUT2D eigenvalue weighted by molar-refractivity contribution is -0.147. The highest BCUT2D eigenvalue weighted by molar-refractivity contribution is 5.88. The molecule has 0 N–H and O–H groups in total. The van der Waals surface area contributed by atoms with Gasteiger partial charge in [0, 0.05) is 32.6 Å². The van der Waals surface area contributed by atoms with Gasteiger partial charge < -0.3 is 14.4 Å². The molecule has 2 aliphatic rings. The number of carbonyl (C=O) groups is 2. The molecule has 0 bridgehead atoms. The van der Waals surface area contributed by atoms with E-state index in [1.165, 1.54) is 0 Å². The molecule has 27 heavy (non-hydrogen) atoms. The van der Waals surface area contributed by atoms with Gasteiger partial charge in [-0.05, 0) is 31.7 Å². The van der Waals surface area contributed by atoms with Gasteiger partial charge in [-0.15, -0.1) is 10.2 Å². The second kappa shape index (κ2) is 7.50. The number of benzene rings is 1. The van der Waals surface area contributed by atoms with E-state index in [-0.39, 0.29) is 11.8 Å². The van der Waals surface area contributed by atoms with E-state index in [2.05, 4.69) is 10.2 Å². The zero-order chi connectivity index (χ0) is 18.8. The van der Waals surface area contributed by atoms with Crippen molar-refractivity contribution < 1.29 is 9.59 Å². The number of likely N-dealkylation sites (tertiary alicyclic amines) is 1. The van der Waals surface area contributed by atoms with Gasteiger partial charge in [0.15, 0.2) is 11.9 Å². The molecule has 0 aliphatic carbocycles. The Bertz CT molecular complexity index is 826. The lowest BCUT2D eigenvalue weighted by Crippen LogP contribution is -2.49. The fraction of sp³-hybridized carbons (Fsp3) is 0.500. The van der Waals surface area contributed by atoms with Crippen molar-refractivity contribution >= 4 is 11.8 Å². The molecule has 1 atom stereocenters. The molecule has 142 valence electrons. The molecule has 7 heteroatoms. The van der Waals surface area contributed by atoms with E-state index in [0.29, 0.717) is 31.8 Å². The van der Waals surface area contributed by atoms with Gasteiger partial charge in [0.25, 0.3) is 5.91 Å². The van der Waals surface area contributed by atoms with Crippen molar-refractivity contribution in [1.29, 1.82) is 0 Å². The summed E-state index contributed by atoms with van der Waals surface area (Å²) in [6, 6.07) is 9.32. The Kier molecular flexibility index (Phi) is 4.92. The molecule has 0 radical (unpaired) electrons. The summed E-state index contributed by atoms with van der Waals surface area (Å²) in [5.41, 5.74) is 1.13. The molecular formula is C20H25N5O2. The number of aromatic nitrogens is 3. The fourth-order valence-corrected chi connectivity index (χ4v) is 4.01. The number of amides is 2. The summed E-state index contributed by atoms with van der Waals surface area (Å²) in [5.74, 6) is 1.38. The van der Waals surface area contributed by atoms with Crippen molar-refractivity contribution in [2.24, 2.45) is 0 Å². The lowest BCUT2D eigenvalue weighted by atomic mass is 10.1. The molecule has 3 heterocycles. The van der Waals surface area contributed by atoms with Crippen LogP contribution in [-0.4, -0.2) is 56.0 Å². The van der Waals surface area contributed by atoms with Gasteiger partial charge in [-0.3, -0.25) is 9.59 Å². The number of carbonyl (C=O) groups excluding carboxylic acids is 2. The first kappa shape index (κ1) is 17.7. The molecule has 1 unspecified atom stereocenters. The summed E-state index contributed by atoms with van der Waals surface area (Å²) in [7, 11) is 0. The van der Waals surface area contributed by atoms with Crippen molar-refractivity contribution in [3.05, 3.63) is 47.5 Å². The smallest absolute Gasteiger partial charge is 0.253 e. The molecule has 0 spiro atoms. The Labute approximate surface area is 159 Å². The molecule has 2 amide bonds. The van der Waals surface area contributed by atoms with Gasteiger partial charge in [0.1, 0.15) is 5.82 Å². The summed E-state index contributed by atoms with van der Waals surface area (Å²) < 4.78 is 1.97. The SMILES string of the molecule is Cc1nnc2n1CCN(C(=O)CCc1ccccc1)C2C(=O)N1CCCC1. The maximum atomic E-state index is 13.2. The van der Waals surface area contributed by atoms with Crippen LogP contribution < -0.4 is 0 Å². The summed E-state index contributed by atoms with van der Waals surface area (Å²) in [6.45, 7) is 4.56. The summed E-state index contributed by atoms with van der Waals surface area (Å²) in [6.07, 6.45) is 3.10. The van der Waals surface area contributed by atoms with Gasteiger partial charge >= 0.3 is 0 Å². The van der Waals surface area contributed by atoms with Crippen LogP contribution in [0.5, 0.6) is 0 Å². The van der Waals surface area contributed by atoms with Crippen LogP contribution in [0.3, 0.4) is 0 Å². The summed E-state index contributed by atoms with van der Waals surface area (Å²) in [5, 5.41) is 8.40. The minimum Gasteiger partial charge on any atom is -0.340 e. The minimum atomic E-state index is -0.652. The maximum absolute atomic E-state index is 13.2. The average Bonchev–Trinajstić information content (AvgIpc) is 3.36. The second-order valence-corrected chi connectivity index (χ2v) is 7.26. The van der Waals surface area contributed by atoms with Gasteiger partial charge in [-0.1, -0.05) is 30.3 Å². The van der Waals surface area contributed by atoms with Crippen LogP contribution >= 0.6 is 0 Å². The molecule has 1 aromatic carbocycles. The van der Waals surface area contributed by atoms with E-state index in [1.54, 1.807) is 4.90 Å². The Hall–Kier alpha value is -2.70. The van der Waals surface area contributed by atoms with Crippen molar-refractivity contribution in [1.82, 2.24) is 24.6 Å². The molecule has 0 saturated carbocycles. The van der Waals surface area contributed by atoms with Gasteiger partial charge in [-0.2, -0.15) is 0 Å². The molecule has 2 aliphatic heterocycles. The number of aryl methyl sites for hydroxylation is 2. The van der Waals surface area contributed by atoms with E-state index in [1.807, 2.05) is 46.7 Å². The third-order valence-corrected chi connectivity index (χ3v) is 5.53. The minimum absolute atomic E-state index is 0.00306. The van der Waals surface area contributed by atoms with E-state index in [0.717, 1.165) is 37.3 Å². The van der Waals surface area contributed by atoms with Crippen LogP contribution in [0.25, 0.3) is 0 Å². The quantitative estimate of drug-likeness (QED) is 0.825. The summed E-state index contributed by atoms with van der Waals surface area (Å²) >= 11 is 0. The van der Waals surface area contributed by atoms with Crippen molar-refractivity contribution in [2.75, 3.05) is 19.6 Å². The zero-order valence-corrected chi connectivity index (χ0v) is 15.7. The van der Waals surface area contributed by atoms with E-state index in [4.69, 9.17) is 0 Å². The van der Waals surface area contributed by atoms with Crippen molar-refractivity contribution in [3.63, 3.8) is 0 Å². The van der Waals surface area contributed by atoms with Gasteiger partial charge in [0.05, 0.1) is 0 Å². The number of nitrogens with zero attached hydrogens (tertiary/aromatic N) is 5. The first-order valence-electron chi connectivity index (χ1n) is 9.67. The Balaban J connectivity index is 1.56. The molecule has 1 aromatic heterocycles. The van der Waals surface area contributed by atoms with Crippen LogP contribution in [0, 0.1) is 6.92 Å². The molecule has 1 saturated heterocycles. The third kappa shape index (κ3) is 3.46. The highest BCUT2D eigenvalue weighted by atomic mass is 16.2. The first-order chi connectivity index (χ1) is 13.1. The monoisotopic (exact) mass is 367 g/mol. The van der Waals surface area contributed by atoms with Crippen LogP contribution in [0.1, 0.15) is 42.5 Å². The number of fused-ring (bicyclic) bond motifs is 1. The average molecular weight is 367 g/mol. The summed E-state index contributed by atoms with van der Waals surface area (Å²) in [4.78, 5) is 29.8. The largest absolute Gasteiger partial charge is 0.340 e. The molecule has 2 aromatic rings. The van der Waals surface area contributed by atoms with E-state index < -0.39 is 6.04 Å². The topological polar surface area (TPSA) is 71.3 Å². The number of hydrogen-bond acceptors (Lipinski definition) is 4. The molecule has 1 fully saturated rings. The zero-order valence-electron chi connectivity index (χ0n) is 15.7. The highest BCUT2D eigenvalue weighted by Crippen LogP contribution is 2.29. The van der Waals surface area contributed by atoms with Crippen LogP contribution in [0.4, 0.5) is 0 Å². The number of rotatable bonds is 4. The Morgan fingerprint density at radius 1 is 1.04 bits per heavy atom. The molecular weight excluding hydrogens is 342 g/mol. The van der Waals surface area contributed by atoms with Gasteiger partial charge in [0.2, 0.25) is 5.91 Å². The van der Waals surface area contributed by atoms with Crippen molar-refractivity contribution in [3.8, 4) is 0 Å². The fourth-order valence-electron chi connectivity index (χ4n) is 4.01. The lowest BCUT2D eigenvalue weighted by Gasteiger charge is -2.36. The van der Waals surface area contributed by atoms with E-state index >= 15 is 0 Å². The van der Waals surface area contributed by atoms with Crippen LogP contribution in [0.2, 0.25) is 0 Å². The van der Waals surface area contributed by atoms with Gasteiger partial charge in [-0.25, -0.2) is 0 Å². The highest BCUT2D eigenvalue weighted by Gasteiger charge is 2.41. The molecule has 4 rings (SSSR count). The normalized spacial score (nSPS) is 19.2. The Morgan fingerprint density at radius 2 is 1.78 bits per heavy atom. The second-order valence-electron chi connectivity index (χ2n) is 7.26. The van der Waals surface area contributed by atoms with Crippen LogP contribution in [-0.2, 0) is 22.6 Å². The van der Waals surface area contributed by atoms with Crippen LogP contribution in [0.15, 0.2) is 30.3 Å². The maximum Gasteiger partial charge on any atom is 0.253 e. The number of hydrogen-bond donors (Lipinski definition) is 0.